The van der Waals surface area contributed by atoms with Gasteiger partial charge in [-0.2, -0.15) is 0 Å². The maximum Gasteiger partial charge on any atom is 0.185 e. The average Bonchev–Trinajstić information content (AvgIpc) is 2.76. The molecule has 1 aromatic carbocycles. The summed E-state index contributed by atoms with van der Waals surface area (Å²) in [5, 5.41) is 0. The van der Waals surface area contributed by atoms with Crippen LogP contribution < -0.4 is 0 Å². The van der Waals surface area contributed by atoms with Gasteiger partial charge < -0.3 is 8.97 Å². The summed E-state index contributed by atoms with van der Waals surface area (Å²) in [6.45, 7) is 1.66. The van der Waals surface area contributed by atoms with Gasteiger partial charge in [-0.05, 0) is 42.8 Å². The quantitative estimate of drug-likeness (QED) is 0.625. The largest absolute Gasteiger partial charge is 0.744 e. The number of carbonyl (C=O) groups is 1. The van der Waals surface area contributed by atoms with Crippen LogP contribution in [0.5, 0.6) is 0 Å². The molecule has 0 radical (unpaired) electrons. The molecule has 0 N–H and O–H groups in total. The van der Waals surface area contributed by atoms with E-state index < -0.39 is 10.1 Å². The van der Waals surface area contributed by atoms with Gasteiger partial charge in [0.05, 0.1) is 4.90 Å². The second-order valence-corrected chi connectivity index (χ2v) is 5.13. The average molecular weight is 265 g/mol. The van der Waals surface area contributed by atoms with E-state index in [4.69, 9.17) is 4.42 Å². The fourth-order valence-electron chi connectivity index (χ4n) is 1.63. The molecular weight excluding hydrogens is 256 g/mol. The minimum atomic E-state index is -4.46. The third-order valence-corrected chi connectivity index (χ3v) is 3.33. The topological polar surface area (TPSA) is 87.4 Å². The molecule has 2 rings (SSSR count). The molecule has 2 aromatic rings. The van der Waals surface area contributed by atoms with Crippen LogP contribution in [0.15, 0.2) is 39.6 Å². The van der Waals surface area contributed by atoms with Crippen molar-refractivity contribution in [2.75, 3.05) is 0 Å². The molecule has 0 aliphatic rings. The maximum absolute atomic E-state index is 10.9. The lowest BCUT2D eigenvalue weighted by molar-refractivity contribution is 0.110. The molecule has 6 heteroatoms. The van der Waals surface area contributed by atoms with E-state index in [1.807, 2.05) is 0 Å². The Bertz CT molecular complexity index is 697. The van der Waals surface area contributed by atoms with Crippen LogP contribution in [0, 0.1) is 6.92 Å². The van der Waals surface area contributed by atoms with Gasteiger partial charge in [-0.1, -0.05) is 0 Å². The van der Waals surface area contributed by atoms with E-state index in [0.29, 0.717) is 23.2 Å². The summed E-state index contributed by atoms with van der Waals surface area (Å²) in [6.07, 6.45) is 0.579. The molecule has 0 aliphatic carbocycles. The zero-order valence-electron chi connectivity index (χ0n) is 9.41. The normalized spacial score (nSPS) is 11.4. The first-order valence-corrected chi connectivity index (χ1v) is 6.44. The number of aldehydes is 1. The van der Waals surface area contributed by atoms with Crippen LogP contribution in [0.2, 0.25) is 0 Å². The molecule has 5 nitrogen and oxygen atoms in total. The van der Waals surface area contributed by atoms with E-state index in [2.05, 4.69) is 0 Å². The van der Waals surface area contributed by atoms with Gasteiger partial charge >= 0.3 is 0 Å². The van der Waals surface area contributed by atoms with Crippen molar-refractivity contribution >= 4 is 16.4 Å². The number of rotatable bonds is 3. The number of aryl methyl sites for hydroxylation is 1. The Morgan fingerprint density at radius 3 is 2.44 bits per heavy atom. The van der Waals surface area contributed by atoms with Crippen LogP contribution in [-0.4, -0.2) is 19.3 Å². The van der Waals surface area contributed by atoms with Gasteiger partial charge in [0.2, 0.25) is 0 Å². The molecule has 1 aromatic heterocycles. The SMILES string of the molecule is Cc1cc(S(=O)(=O)[O-])ccc1-c1ccc(C=O)o1. The first-order valence-electron chi connectivity index (χ1n) is 5.04. The molecule has 0 amide bonds. The zero-order valence-corrected chi connectivity index (χ0v) is 10.2. The van der Waals surface area contributed by atoms with Crippen LogP contribution in [0.4, 0.5) is 0 Å². The monoisotopic (exact) mass is 265 g/mol. The molecule has 0 atom stereocenters. The highest BCUT2D eigenvalue weighted by molar-refractivity contribution is 7.85. The lowest BCUT2D eigenvalue weighted by Crippen LogP contribution is -1.99. The van der Waals surface area contributed by atoms with Gasteiger partial charge in [-0.25, -0.2) is 8.42 Å². The Labute approximate surface area is 104 Å². The molecule has 0 saturated carbocycles. The molecule has 0 spiro atoms. The van der Waals surface area contributed by atoms with E-state index in [1.165, 1.54) is 24.3 Å². The van der Waals surface area contributed by atoms with Crippen LogP contribution in [0.25, 0.3) is 11.3 Å². The van der Waals surface area contributed by atoms with Crippen LogP contribution in [0.3, 0.4) is 0 Å². The van der Waals surface area contributed by atoms with Gasteiger partial charge in [-0.3, -0.25) is 4.79 Å². The Balaban J connectivity index is 2.51. The van der Waals surface area contributed by atoms with Crippen LogP contribution in [-0.2, 0) is 10.1 Å². The number of carbonyl (C=O) groups excluding carboxylic acids is 1. The Hall–Kier alpha value is -1.92. The lowest BCUT2D eigenvalue weighted by atomic mass is 10.1. The molecule has 0 bridgehead atoms. The summed E-state index contributed by atoms with van der Waals surface area (Å²) in [5.74, 6) is 0.634. The predicted molar refractivity (Wildman–Crippen MR) is 62.2 cm³/mol. The second-order valence-electron chi connectivity index (χ2n) is 3.75. The molecule has 0 unspecified atom stereocenters. The number of hydrogen-bond donors (Lipinski definition) is 0. The Morgan fingerprint density at radius 2 is 1.94 bits per heavy atom. The first-order chi connectivity index (χ1) is 8.41. The molecule has 0 fully saturated rings. The van der Waals surface area contributed by atoms with Gasteiger partial charge in [0.1, 0.15) is 15.9 Å². The van der Waals surface area contributed by atoms with E-state index >= 15 is 0 Å². The molecule has 94 valence electrons. The summed E-state index contributed by atoms with van der Waals surface area (Å²) >= 11 is 0. The Kier molecular flexibility index (Phi) is 3.06. The van der Waals surface area contributed by atoms with Gasteiger partial charge in [0.15, 0.2) is 12.0 Å². The van der Waals surface area contributed by atoms with Crippen molar-refractivity contribution in [3.63, 3.8) is 0 Å². The van der Waals surface area contributed by atoms with Crippen molar-refractivity contribution in [3.8, 4) is 11.3 Å². The maximum atomic E-state index is 10.9. The van der Waals surface area contributed by atoms with E-state index in [-0.39, 0.29) is 10.7 Å². The summed E-state index contributed by atoms with van der Waals surface area (Å²) in [4.78, 5) is 10.2. The van der Waals surface area contributed by atoms with Crippen molar-refractivity contribution in [1.29, 1.82) is 0 Å². The number of benzene rings is 1. The number of furan rings is 1. The van der Waals surface area contributed by atoms with Crippen molar-refractivity contribution in [1.82, 2.24) is 0 Å². The standard InChI is InChI=1S/C12H10O5S/c1-8-6-10(18(14,15)16)3-4-11(8)12-5-2-9(7-13)17-12/h2-7H,1H3,(H,14,15,16)/p-1. The highest BCUT2D eigenvalue weighted by atomic mass is 32.2. The highest BCUT2D eigenvalue weighted by Crippen LogP contribution is 2.27. The summed E-state index contributed by atoms with van der Waals surface area (Å²) in [7, 11) is -4.46. The highest BCUT2D eigenvalue weighted by Gasteiger charge is 2.09. The summed E-state index contributed by atoms with van der Waals surface area (Å²) in [5.41, 5.74) is 1.22. The van der Waals surface area contributed by atoms with Gasteiger partial charge in [0, 0.05) is 5.56 Å². The Morgan fingerprint density at radius 1 is 1.22 bits per heavy atom. The van der Waals surface area contributed by atoms with Crippen molar-refractivity contribution in [2.24, 2.45) is 0 Å². The van der Waals surface area contributed by atoms with Crippen molar-refractivity contribution in [3.05, 3.63) is 41.7 Å². The van der Waals surface area contributed by atoms with Gasteiger partial charge in [0.25, 0.3) is 0 Å². The fourth-order valence-corrected chi connectivity index (χ4v) is 2.18. The fraction of sp³-hybridized carbons (Fsp3) is 0.0833. The smallest absolute Gasteiger partial charge is 0.185 e. The third-order valence-electron chi connectivity index (χ3n) is 2.49. The summed E-state index contributed by atoms with van der Waals surface area (Å²) < 4.78 is 37.8. The van der Waals surface area contributed by atoms with Crippen molar-refractivity contribution < 1.29 is 22.2 Å². The third kappa shape index (κ3) is 2.34. The minimum Gasteiger partial charge on any atom is -0.744 e. The molecule has 1 heterocycles. The zero-order chi connectivity index (χ0) is 13.3. The van der Waals surface area contributed by atoms with Crippen molar-refractivity contribution in [2.45, 2.75) is 11.8 Å². The van der Waals surface area contributed by atoms with E-state index in [0.717, 1.165) is 0 Å². The van der Waals surface area contributed by atoms with E-state index in [1.54, 1.807) is 13.0 Å². The second kappa shape index (κ2) is 4.40. The molecular formula is C12H9O5S-. The van der Waals surface area contributed by atoms with Crippen LogP contribution >= 0.6 is 0 Å². The minimum absolute atomic E-state index is 0.185. The van der Waals surface area contributed by atoms with Gasteiger partial charge in [-0.15, -0.1) is 0 Å². The molecule has 18 heavy (non-hydrogen) atoms. The van der Waals surface area contributed by atoms with Crippen LogP contribution in [0.1, 0.15) is 16.1 Å². The summed E-state index contributed by atoms with van der Waals surface area (Å²) in [6, 6.07) is 7.10. The lowest BCUT2D eigenvalue weighted by Gasteiger charge is -2.09. The number of hydrogen-bond acceptors (Lipinski definition) is 5. The molecule has 0 aliphatic heterocycles. The van der Waals surface area contributed by atoms with E-state index in [9.17, 15) is 17.8 Å². The predicted octanol–water partition coefficient (Wildman–Crippen LogP) is 1.97. The molecule has 0 saturated heterocycles. The first kappa shape index (κ1) is 12.5.